The van der Waals surface area contributed by atoms with E-state index in [0.29, 0.717) is 17.2 Å². The van der Waals surface area contributed by atoms with Crippen molar-refractivity contribution in [2.24, 2.45) is 16.7 Å². The van der Waals surface area contributed by atoms with E-state index in [9.17, 15) is 14.9 Å². The number of carbonyl (C=O) groups excluding carboxylic acids is 1. The quantitative estimate of drug-likeness (QED) is 0.317. The van der Waals surface area contributed by atoms with Gasteiger partial charge in [-0.2, -0.15) is 0 Å². The van der Waals surface area contributed by atoms with E-state index in [1.165, 1.54) is 23.9 Å². The van der Waals surface area contributed by atoms with Gasteiger partial charge in [0.25, 0.3) is 5.69 Å². The second kappa shape index (κ2) is 7.17. The van der Waals surface area contributed by atoms with Crippen molar-refractivity contribution in [2.75, 3.05) is 5.75 Å². The van der Waals surface area contributed by atoms with Crippen LogP contribution in [-0.4, -0.2) is 26.2 Å². The first-order chi connectivity index (χ1) is 13.6. The van der Waals surface area contributed by atoms with Crippen LogP contribution in [0.5, 0.6) is 0 Å². The van der Waals surface area contributed by atoms with E-state index >= 15 is 0 Å². The molecule has 1 aromatic rings. The highest BCUT2D eigenvalue weighted by Crippen LogP contribution is 2.67. The van der Waals surface area contributed by atoms with Crippen molar-refractivity contribution < 1.29 is 14.5 Å². The lowest BCUT2D eigenvalue weighted by molar-refractivity contribution is -0.384. The molecule has 29 heavy (non-hydrogen) atoms. The minimum Gasteiger partial charge on any atom is -0.498 e. The maximum atomic E-state index is 13.1. The molecule has 5 nitrogen and oxygen atoms in total. The Bertz CT molecular complexity index is 870. The molecule has 0 radical (unpaired) electrons. The molecule has 4 atom stereocenters. The van der Waals surface area contributed by atoms with Crippen molar-refractivity contribution in [3.05, 3.63) is 52.3 Å². The summed E-state index contributed by atoms with van der Waals surface area (Å²) in [6.45, 7) is 4.56. The number of allylic oxidation sites excluding steroid dienone is 1. The molecular formula is C21H23Cl2NO4S. The Morgan fingerprint density at radius 3 is 2.55 bits per heavy atom. The Labute approximate surface area is 184 Å². The topological polar surface area (TPSA) is 69.4 Å². The lowest BCUT2D eigenvalue weighted by Gasteiger charge is -2.42. The molecule has 0 aromatic heterocycles. The van der Waals surface area contributed by atoms with Crippen molar-refractivity contribution in [3.63, 3.8) is 0 Å². The van der Waals surface area contributed by atoms with Gasteiger partial charge in [-0.15, -0.1) is 0 Å². The van der Waals surface area contributed by atoms with Crippen molar-refractivity contribution in [3.8, 4) is 0 Å². The van der Waals surface area contributed by atoms with Crippen LogP contribution in [0.2, 0.25) is 0 Å². The molecule has 1 aromatic carbocycles. The normalized spacial score (nSPS) is 36.1. The summed E-state index contributed by atoms with van der Waals surface area (Å²) in [7, 11) is 0. The second-order valence-corrected chi connectivity index (χ2v) is 11.2. The first kappa shape index (κ1) is 21.0. The monoisotopic (exact) mass is 455 g/mol. The molecule has 2 aliphatic carbocycles. The molecule has 4 rings (SSSR count). The Balaban J connectivity index is 1.68. The van der Waals surface area contributed by atoms with Gasteiger partial charge in [-0.1, -0.05) is 60.9 Å². The Kier molecular flexibility index (Phi) is 5.20. The maximum absolute atomic E-state index is 13.1. The largest absolute Gasteiger partial charge is 0.498 e. The first-order valence-corrected chi connectivity index (χ1v) is 11.5. The molecule has 0 N–H and O–H groups in total. The molecule has 0 amide bonds. The van der Waals surface area contributed by atoms with Crippen molar-refractivity contribution in [1.82, 2.24) is 0 Å². The van der Waals surface area contributed by atoms with Gasteiger partial charge >= 0.3 is 0 Å². The predicted molar refractivity (Wildman–Crippen MR) is 115 cm³/mol. The number of nitrogens with zero attached hydrogens (tertiary/aromatic N) is 1. The Morgan fingerprint density at radius 1 is 1.24 bits per heavy atom. The summed E-state index contributed by atoms with van der Waals surface area (Å²) in [5.74, 6) is 0.536. The number of benzene rings is 1. The number of ether oxygens (including phenoxy) is 1. The van der Waals surface area contributed by atoms with Crippen LogP contribution in [0.1, 0.15) is 44.6 Å². The van der Waals surface area contributed by atoms with Gasteiger partial charge in [-0.25, -0.2) is 0 Å². The summed E-state index contributed by atoms with van der Waals surface area (Å²) >= 11 is 14.4. The van der Waals surface area contributed by atoms with Crippen LogP contribution < -0.4 is 0 Å². The third kappa shape index (κ3) is 3.19. The molecule has 2 saturated carbocycles. The van der Waals surface area contributed by atoms with Gasteiger partial charge in [-0.3, -0.25) is 14.9 Å². The second-order valence-electron chi connectivity index (χ2n) is 8.83. The summed E-state index contributed by atoms with van der Waals surface area (Å²) in [5.41, 5.74) is 0.608. The molecule has 0 saturated heterocycles. The molecule has 1 aliphatic heterocycles. The van der Waals surface area contributed by atoms with Crippen LogP contribution in [0, 0.1) is 26.9 Å². The van der Waals surface area contributed by atoms with E-state index in [-0.39, 0.29) is 27.7 Å². The molecule has 2 bridgehead atoms. The van der Waals surface area contributed by atoms with Crippen LogP contribution in [0.4, 0.5) is 5.69 Å². The molecule has 156 valence electrons. The predicted octanol–water partition coefficient (Wildman–Crippen LogP) is 5.85. The van der Waals surface area contributed by atoms with Crippen LogP contribution in [0.3, 0.4) is 0 Å². The molecular weight excluding hydrogens is 433 g/mol. The first-order valence-electron chi connectivity index (χ1n) is 9.71. The highest BCUT2D eigenvalue weighted by molar-refractivity contribution is 8.14. The SMILES string of the molecule is CC1(C)[C@@H]2CC[C@]13CSC(=O)C(Cl)(Cl)[C@H](c1ccc([N+](=O)[O-])cc1)/C=C\O[C@@H]3C2. The number of fused-ring (bicyclic) bond motifs is 1. The minimum absolute atomic E-state index is 0.0320. The number of hydrogen-bond donors (Lipinski definition) is 0. The van der Waals surface area contributed by atoms with Crippen molar-refractivity contribution in [1.29, 1.82) is 0 Å². The van der Waals surface area contributed by atoms with E-state index in [4.69, 9.17) is 27.9 Å². The Hall–Kier alpha value is -1.24. The molecule has 1 spiro atoms. The van der Waals surface area contributed by atoms with Gasteiger partial charge in [-0.05, 0) is 42.2 Å². The number of alkyl halides is 2. The van der Waals surface area contributed by atoms with Crippen LogP contribution in [0.15, 0.2) is 36.6 Å². The smallest absolute Gasteiger partial charge is 0.269 e. The Morgan fingerprint density at radius 2 is 1.93 bits per heavy atom. The number of nitro groups is 1. The highest BCUT2D eigenvalue weighted by Gasteiger charge is 2.65. The van der Waals surface area contributed by atoms with Gasteiger partial charge in [0.1, 0.15) is 6.10 Å². The number of hydrogen-bond acceptors (Lipinski definition) is 5. The number of thioether (sulfide) groups is 1. The zero-order valence-corrected chi connectivity index (χ0v) is 18.6. The fourth-order valence-electron chi connectivity index (χ4n) is 5.41. The number of rotatable bonds is 2. The van der Waals surface area contributed by atoms with Crippen LogP contribution in [0.25, 0.3) is 0 Å². The van der Waals surface area contributed by atoms with Crippen LogP contribution >= 0.6 is 35.0 Å². The molecule has 8 heteroatoms. The zero-order chi connectivity index (χ0) is 21.0. The van der Waals surface area contributed by atoms with E-state index < -0.39 is 15.2 Å². The molecule has 0 unspecified atom stereocenters. The fraction of sp³-hybridized carbons (Fsp3) is 0.571. The fourth-order valence-corrected chi connectivity index (χ4v) is 7.55. The summed E-state index contributed by atoms with van der Waals surface area (Å²) < 4.78 is 4.51. The average Bonchev–Trinajstić information content (AvgIpc) is 3.04. The van der Waals surface area contributed by atoms with Gasteiger partial charge < -0.3 is 4.74 Å². The van der Waals surface area contributed by atoms with Crippen molar-refractivity contribution >= 4 is 45.8 Å². The molecule has 1 heterocycles. The lowest BCUT2D eigenvalue weighted by Crippen LogP contribution is -2.43. The lowest BCUT2D eigenvalue weighted by atomic mass is 9.69. The summed E-state index contributed by atoms with van der Waals surface area (Å²) in [5, 5.41) is 10.6. The molecule has 3 aliphatic rings. The third-order valence-corrected chi connectivity index (χ3v) is 9.74. The minimum atomic E-state index is -1.70. The zero-order valence-electron chi connectivity index (χ0n) is 16.3. The summed E-state index contributed by atoms with van der Waals surface area (Å²) in [6.07, 6.45) is 6.57. The van der Waals surface area contributed by atoms with Gasteiger partial charge in [0, 0.05) is 29.2 Å². The van der Waals surface area contributed by atoms with Gasteiger partial charge in [0.15, 0.2) is 4.33 Å². The summed E-state index contributed by atoms with van der Waals surface area (Å²) in [4.78, 5) is 23.6. The number of non-ortho nitro benzene ring substituents is 1. The van der Waals surface area contributed by atoms with Crippen molar-refractivity contribution in [2.45, 2.75) is 49.5 Å². The van der Waals surface area contributed by atoms with Gasteiger partial charge in [0.2, 0.25) is 5.12 Å². The maximum Gasteiger partial charge on any atom is 0.269 e. The van der Waals surface area contributed by atoms with E-state index in [0.717, 1.165) is 19.3 Å². The van der Waals surface area contributed by atoms with Crippen LogP contribution in [-0.2, 0) is 9.53 Å². The summed E-state index contributed by atoms with van der Waals surface area (Å²) in [6, 6.07) is 5.94. The standard InChI is InChI=1S/C21H23Cl2NO4S/c1-19(2)14-7-9-20(19)12-29-18(25)21(22,23)16(8-10-28-17(20)11-14)13-3-5-15(6-4-13)24(26)27/h3-6,8,10,14,16-17H,7,9,11-12H2,1-2H3/b10-8-/t14-,16+,17-,20-/m1/s1. The van der Waals surface area contributed by atoms with E-state index in [1.807, 2.05) is 0 Å². The molecule has 2 fully saturated rings. The van der Waals surface area contributed by atoms with E-state index in [1.54, 1.807) is 24.5 Å². The average molecular weight is 456 g/mol. The third-order valence-electron chi connectivity index (χ3n) is 7.46. The van der Waals surface area contributed by atoms with Gasteiger partial charge in [0.05, 0.1) is 11.2 Å². The number of carbonyl (C=O) groups is 1. The number of nitro benzene ring substituents is 1. The van der Waals surface area contributed by atoms with E-state index in [2.05, 4.69) is 13.8 Å². The number of halogens is 2. The highest BCUT2D eigenvalue weighted by atomic mass is 35.5.